The molecular formula is C22H66O11Si11. The SMILES string of the molecule is C[Si]1(C)O[Si](C)(C)O[Si](C)(C)O[Si](C)(C)O[Si](C)(C)O1.C[Si]1(C)O[Si](C)(C)O[Si](C)(C)O[Si](C)(C)O[Si](C)(C)O[Si](C)(C)O1. The summed E-state index contributed by atoms with van der Waals surface area (Å²) in [6.07, 6.45) is 0. The molecule has 0 radical (unpaired) electrons. The van der Waals surface area contributed by atoms with Crippen LogP contribution in [0.4, 0.5) is 0 Å². The molecule has 0 aromatic heterocycles. The van der Waals surface area contributed by atoms with E-state index in [0.717, 1.165) is 0 Å². The van der Waals surface area contributed by atoms with Gasteiger partial charge in [0, 0.05) is 0 Å². The minimum atomic E-state index is -2.38. The van der Waals surface area contributed by atoms with Crippen LogP contribution in [0.3, 0.4) is 0 Å². The highest BCUT2D eigenvalue weighted by Gasteiger charge is 2.52. The van der Waals surface area contributed by atoms with Gasteiger partial charge in [-0.05, 0) is 144 Å². The van der Waals surface area contributed by atoms with Crippen molar-refractivity contribution in [2.45, 2.75) is 144 Å². The summed E-state index contributed by atoms with van der Waals surface area (Å²) >= 11 is 0. The highest BCUT2D eigenvalue weighted by molar-refractivity contribution is 6.94. The fourth-order valence-electron chi connectivity index (χ4n) is 6.74. The molecule has 0 atom stereocenters. The summed E-state index contributed by atoms with van der Waals surface area (Å²) in [5.41, 5.74) is 0. The second kappa shape index (κ2) is 13.9. The van der Waals surface area contributed by atoms with E-state index in [0.29, 0.717) is 0 Å². The van der Waals surface area contributed by atoms with Crippen molar-refractivity contribution in [3.05, 3.63) is 0 Å². The molecule has 2 heterocycles. The number of rotatable bonds is 0. The summed E-state index contributed by atoms with van der Waals surface area (Å²) in [7, 11) is -25.6. The third-order valence-corrected chi connectivity index (χ3v) is 48.7. The van der Waals surface area contributed by atoms with Crippen LogP contribution in [0, 0.1) is 0 Å². The molecule has 11 nitrogen and oxygen atoms in total. The quantitative estimate of drug-likeness (QED) is 0.223. The summed E-state index contributed by atoms with van der Waals surface area (Å²) in [6.45, 7) is 45.6. The van der Waals surface area contributed by atoms with Crippen molar-refractivity contribution in [1.82, 2.24) is 0 Å². The summed E-state index contributed by atoms with van der Waals surface area (Å²) in [5, 5.41) is 0. The van der Waals surface area contributed by atoms with E-state index in [1.807, 2.05) is 0 Å². The maximum atomic E-state index is 6.44. The van der Waals surface area contributed by atoms with E-state index in [1.54, 1.807) is 0 Å². The maximum Gasteiger partial charge on any atom is 0.314 e. The third-order valence-electron chi connectivity index (χ3n) is 5.41. The molecule has 264 valence electrons. The molecule has 0 unspecified atom stereocenters. The van der Waals surface area contributed by atoms with Gasteiger partial charge >= 0.3 is 94.2 Å². The fourth-order valence-corrected chi connectivity index (χ4v) is 64.8. The Morgan fingerprint density at radius 2 is 0.182 bits per heavy atom. The van der Waals surface area contributed by atoms with Crippen molar-refractivity contribution in [2.24, 2.45) is 0 Å². The molecule has 22 heteroatoms. The average molecular weight is 816 g/mol. The lowest BCUT2D eigenvalue weighted by molar-refractivity contribution is 0.236. The second-order valence-corrected chi connectivity index (χ2v) is 56.3. The van der Waals surface area contributed by atoms with Crippen LogP contribution >= 0.6 is 0 Å². The third kappa shape index (κ3) is 17.6. The molecule has 0 aromatic carbocycles. The van der Waals surface area contributed by atoms with E-state index >= 15 is 0 Å². The van der Waals surface area contributed by atoms with Crippen molar-refractivity contribution >= 4 is 94.2 Å². The number of hydrogen-bond donors (Lipinski definition) is 0. The van der Waals surface area contributed by atoms with Crippen LogP contribution in [0.2, 0.25) is 144 Å². The van der Waals surface area contributed by atoms with E-state index < -0.39 is 94.2 Å². The summed E-state index contributed by atoms with van der Waals surface area (Å²) < 4.78 is 70.1. The van der Waals surface area contributed by atoms with Gasteiger partial charge in [0.15, 0.2) is 0 Å². The first kappa shape index (κ1) is 44.0. The van der Waals surface area contributed by atoms with Gasteiger partial charge in [-0.1, -0.05) is 0 Å². The van der Waals surface area contributed by atoms with Gasteiger partial charge in [0.25, 0.3) is 0 Å². The lowest BCUT2D eigenvalue weighted by Crippen LogP contribution is -2.64. The molecule has 2 saturated heterocycles. The van der Waals surface area contributed by atoms with Crippen LogP contribution in [0.15, 0.2) is 0 Å². The Morgan fingerprint density at radius 1 is 0.136 bits per heavy atom. The first-order valence-electron chi connectivity index (χ1n) is 15.5. The first-order chi connectivity index (χ1) is 18.8. The molecule has 0 aliphatic carbocycles. The van der Waals surface area contributed by atoms with Gasteiger partial charge in [0.05, 0.1) is 0 Å². The minimum absolute atomic E-state index is 2.07. The zero-order valence-corrected chi connectivity index (χ0v) is 43.0. The van der Waals surface area contributed by atoms with Gasteiger partial charge in [-0.25, -0.2) is 0 Å². The van der Waals surface area contributed by atoms with Crippen LogP contribution in [0.1, 0.15) is 0 Å². The normalized spacial score (nSPS) is 31.5. The van der Waals surface area contributed by atoms with E-state index in [9.17, 15) is 0 Å². The van der Waals surface area contributed by atoms with Crippen molar-refractivity contribution in [1.29, 1.82) is 0 Å². The zero-order chi connectivity index (χ0) is 35.3. The molecule has 0 N–H and O–H groups in total. The van der Waals surface area contributed by atoms with E-state index in [2.05, 4.69) is 144 Å². The van der Waals surface area contributed by atoms with E-state index in [-0.39, 0.29) is 0 Å². The lowest BCUT2D eigenvalue weighted by Gasteiger charge is -2.46. The zero-order valence-electron chi connectivity index (χ0n) is 32.0. The first-order valence-corrected chi connectivity index (χ1v) is 46.5. The highest BCUT2D eigenvalue weighted by Crippen LogP contribution is 2.32. The Kier molecular flexibility index (Phi) is 13.9. The number of hydrogen-bond acceptors (Lipinski definition) is 11. The largest absolute Gasteiger partial charge is 0.416 e. The smallest absolute Gasteiger partial charge is 0.314 e. The predicted octanol–water partition coefficient (Wildman–Crippen LogP) is 7.90. The molecule has 0 amide bonds. The van der Waals surface area contributed by atoms with Crippen molar-refractivity contribution in [3.8, 4) is 0 Å². The molecule has 0 saturated carbocycles. The average Bonchev–Trinajstić information content (AvgIpc) is 2.45. The second-order valence-electron chi connectivity index (χ2n) is 16.5. The molecule has 0 bridgehead atoms. The van der Waals surface area contributed by atoms with E-state index in [4.69, 9.17) is 45.3 Å². The molecule has 0 aromatic rings. The van der Waals surface area contributed by atoms with E-state index in [1.165, 1.54) is 0 Å². The van der Waals surface area contributed by atoms with Crippen LogP contribution in [-0.4, -0.2) is 94.2 Å². The van der Waals surface area contributed by atoms with Gasteiger partial charge in [-0.15, -0.1) is 0 Å². The van der Waals surface area contributed by atoms with Crippen molar-refractivity contribution in [2.75, 3.05) is 0 Å². The lowest BCUT2D eigenvalue weighted by atomic mass is 11.9. The molecule has 2 rings (SSSR count). The Balaban J connectivity index is 0.000000447. The molecule has 2 aliphatic rings. The monoisotopic (exact) mass is 814 g/mol. The highest BCUT2D eigenvalue weighted by atomic mass is 28.5. The van der Waals surface area contributed by atoms with Crippen LogP contribution in [-0.2, 0) is 45.3 Å². The van der Waals surface area contributed by atoms with Crippen molar-refractivity contribution < 1.29 is 45.3 Å². The van der Waals surface area contributed by atoms with Gasteiger partial charge < -0.3 is 45.3 Å². The molecule has 44 heavy (non-hydrogen) atoms. The van der Waals surface area contributed by atoms with Gasteiger partial charge in [-0.2, -0.15) is 0 Å². The minimum Gasteiger partial charge on any atom is -0.416 e. The Hall–Kier alpha value is 1.95. The molecular weight excluding hydrogens is 749 g/mol. The fraction of sp³-hybridized carbons (Fsp3) is 1.00. The Labute approximate surface area is 282 Å². The van der Waals surface area contributed by atoms with Crippen molar-refractivity contribution in [3.63, 3.8) is 0 Å². The predicted molar refractivity (Wildman–Crippen MR) is 204 cm³/mol. The van der Waals surface area contributed by atoms with Crippen LogP contribution in [0.25, 0.3) is 0 Å². The summed E-state index contributed by atoms with van der Waals surface area (Å²) in [5.74, 6) is 0. The standard InChI is InChI=1S/C12H36O6Si6.C10H30O5Si5/c1-19(2)13-20(3,4)15-22(7,8)17-24(11,12)18-23(9,10)16-21(5,6)14-19;1-16(2)11-17(3,4)13-19(7,8)15-20(9,10)14-18(5,6)12-16/h1-12H3;1-10H3. The van der Waals surface area contributed by atoms with Crippen LogP contribution < -0.4 is 0 Å². The van der Waals surface area contributed by atoms with Gasteiger partial charge in [0.1, 0.15) is 0 Å². The molecule has 0 spiro atoms. The Bertz CT molecular complexity index is 753. The summed E-state index contributed by atoms with van der Waals surface area (Å²) in [4.78, 5) is 0. The molecule has 2 aliphatic heterocycles. The van der Waals surface area contributed by atoms with Gasteiger partial charge in [0.2, 0.25) is 0 Å². The van der Waals surface area contributed by atoms with Crippen LogP contribution in [0.5, 0.6) is 0 Å². The summed E-state index contributed by atoms with van der Waals surface area (Å²) in [6, 6.07) is 0. The maximum absolute atomic E-state index is 6.44. The van der Waals surface area contributed by atoms with Gasteiger partial charge in [-0.3, -0.25) is 0 Å². The Morgan fingerprint density at radius 3 is 0.227 bits per heavy atom. The topological polar surface area (TPSA) is 102 Å². The molecule has 2 fully saturated rings.